The van der Waals surface area contributed by atoms with E-state index in [2.05, 4.69) is 0 Å². The number of fused-ring (bicyclic) bond motifs is 1. The Morgan fingerprint density at radius 2 is 1.96 bits per heavy atom. The third kappa shape index (κ3) is 2.97. The summed E-state index contributed by atoms with van der Waals surface area (Å²) in [7, 11) is 0. The molecule has 23 heavy (non-hydrogen) atoms. The van der Waals surface area contributed by atoms with Gasteiger partial charge in [-0.25, -0.2) is 5.48 Å². The molecule has 3 rings (SSSR count). The van der Waals surface area contributed by atoms with Gasteiger partial charge in [0.25, 0.3) is 11.5 Å². The molecule has 0 spiro atoms. The lowest BCUT2D eigenvalue weighted by molar-refractivity contribution is 0.0706. The zero-order valence-electron chi connectivity index (χ0n) is 12.0. The molecule has 0 radical (unpaired) electrons. The van der Waals surface area contributed by atoms with Gasteiger partial charge in [-0.3, -0.25) is 14.8 Å². The van der Waals surface area contributed by atoms with Crippen LogP contribution in [0.2, 0.25) is 5.02 Å². The fourth-order valence-electron chi connectivity index (χ4n) is 2.42. The normalized spacial score (nSPS) is 10.7. The number of pyridine rings is 1. The highest BCUT2D eigenvalue weighted by molar-refractivity contribution is 6.31. The first-order valence-corrected chi connectivity index (χ1v) is 7.29. The molecule has 0 aliphatic heterocycles. The second-order valence-electron chi connectivity index (χ2n) is 5.08. The van der Waals surface area contributed by atoms with Crippen LogP contribution >= 0.6 is 11.6 Å². The molecule has 2 aromatic carbocycles. The van der Waals surface area contributed by atoms with Crippen LogP contribution in [-0.4, -0.2) is 15.7 Å². The van der Waals surface area contributed by atoms with Crippen molar-refractivity contribution in [1.82, 2.24) is 10.0 Å². The van der Waals surface area contributed by atoms with Gasteiger partial charge in [0.1, 0.15) is 0 Å². The number of nitrogens with zero attached hydrogens (tertiary/aromatic N) is 1. The lowest BCUT2D eigenvalue weighted by Crippen LogP contribution is -2.22. The van der Waals surface area contributed by atoms with Crippen LogP contribution in [0.5, 0.6) is 0 Å². The number of nitrogens with one attached hydrogen (secondary N) is 1. The van der Waals surface area contributed by atoms with Crippen molar-refractivity contribution in [2.24, 2.45) is 0 Å². The Bertz CT molecular complexity index is 950. The number of carbonyl (C=O) groups is 1. The maximum absolute atomic E-state index is 12.6. The van der Waals surface area contributed by atoms with Crippen molar-refractivity contribution in [2.45, 2.75) is 6.54 Å². The predicted molar refractivity (Wildman–Crippen MR) is 88.0 cm³/mol. The minimum Gasteiger partial charge on any atom is -0.311 e. The second-order valence-corrected chi connectivity index (χ2v) is 5.49. The average Bonchev–Trinajstić information content (AvgIpc) is 2.58. The van der Waals surface area contributed by atoms with Gasteiger partial charge in [-0.15, -0.1) is 0 Å². The third-order valence-electron chi connectivity index (χ3n) is 3.64. The van der Waals surface area contributed by atoms with Gasteiger partial charge in [-0.2, -0.15) is 0 Å². The van der Waals surface area contributed by atoms with Crippen LogP contribution in [0.4, 0.5) is 0 Å². The van der Waals surface area contributed by atoms with Crippen molar-refractivity contribution in [2.75, 3.05) is 0 Å². The Morgan fingerprint density at radius 3 is 2.70 bits per heavy atom. The summed E-state index contributed by atoms with van der Waals surface area (Å²) in [5.41, 5.74) is 2.38. The Hall–Kier alpha value is -2.63. The number of amides is 1. The van der Waals surface area contributed by atoms with E-state index in [1.807, 2.05) is 18.2 Å². The van der Waals surface area contributed by atoms with Crippen molar-refractivity contribution in [3.63, 3.8) is 0 Å². The Balaban J connectivity index is 2.09. The molecule has 3 aromatic rings. The summed E-state index contributed by atoms with van der Waals surface area (Å²) in [5, 5.41) is 10.4. The lowest BCUT2D eigenvalue weighted by Gasteiger charge is -2.09. The van der Waals surface area contributed by atoms with Crippen molar-refractivity contribution < 1.29 is 10.0 Å². The predicted octanol–water partition coefficient (Wildman–Crippen LogP) is 2.82. The summed E-state index contributed by atoms with van der Waals surface area (Å²) in [4.78, 5) is 24.1. The molecule has 5 nitrogen and oxygen atoms in total. The smallest absolute Gasteiger partial charge is 0.274 e. The molecule has 1 amide bonds. The maximum Gasteiger partial charge on any atom is 0.274 e. The monoisotopic (exact) mass is 328 g/mol. The van der Waals surface area contributed by atoms with E-state index in [-0.39, 0.29) is 11.1 Å². The fourth-order valence-corrected chi connectivity index (χ4v) is 2.62. The van der Waals surface area contributed by atoms with Gasteiger partial charge >= 0.3 is 0 Å². The maximum atomic E-state index is 12.6. The summed E-state index contributed by atoms with van der Waals surface area (Å²) >= 11 is 6.13. The highest BCUT2D eigenvalue weighted by Crippen LogP contribution is 2.17. The van der Waals surface area contributed by atoms with E-state index >= 15 is 0 Å². The zero-order valence-corrected chi connectivity index (χ0v) is 12.7. The number of rotatable bonds is 3. The number of carbonyl (C=O) groups excluding carboxylic acids is 1. The fraction of sp³-hybridized carbons (Fsp3) is 0.0588. The number of hydrogen-bond acceptors (Lipinski definition) is 3. The van der Waals surface area contributed by atoms with Crippen LogP contribution in [0.3, 0.4) is 0 Å². The zero-order chi connectivity index (χ0) is 16.4. The summed E-state index contributed by atoms with van der Waals surface area (Å²) in [6.45, 7) is 0.338. The number of aromatic nitrogens is 1. The summed E-state index contributed by atoms with van der Waals surface area (Å²) in [6, 6.07) is 13.8. The molecule has 0 bridgehead atoms. The van der Waals surface area contributed by atoms with E-state index < -0.39 is 5.91 Å². The summed E-state index contributed by atoms with van der Waals surface area (Å²) in [6.07, 6.45) is 1.69. The summed E-state index contributed by atoms with van der Waals surface area (Å²) in [5.74, 6) is -0.659. The van der Waals surface area contributed by atoms with Gasteiger partial charge in [0, 0.05) is 22.2 Å². The number of halogens is 1. The van der Waals surface area contributed by atoms with Crippen molar-refractivity contribution in [1.29, 1.82) is 0 Å². The van der Waals surface area contributed by atoms with Crippen LogP contribution in [0.15, 0.2) is 59.5 Å². The number of hydrogen-bond donors (Lipinski definition) is 2. The Labute approximate surface area is 136 Å². The molecule has 0 atom stereocenters. The molecular formula is C17H13ClN2O3. The first kappa shape index (κ1) is 15.3. The second kappa shape index (κ2) is 6.24. The van der Waals surface area contributed by atoms with Crippen molar-refractivity contribution in [3.8, 4) is 0 Å². The number of hydroxylamine groups is 1. The van der Waals surface area contributed by atoms with E-state index in [9.17, 15) is 9.59 Å². The van der Waals surface area contributed by atoms with E-state index in [1.165, 1.54) is 10.6 Å². The highest BCUT2D eigenvalue weighted by Gasteiger charge is 2.09. The molecular weight excluding hydrogens is 316 g/mol. The molecule has 0 saturated heterocycles. The van der Waals surface area contributed by atoms with E-state index in [1.54, 1.807) is 35.9 Å². The quantitative estimate of drug-likeness (QED) is 0.573. The van der Waals surface area contributed by atoms with Gasteiger partial charge in [0.15, 0.2) is 0 Å². The summed E-state index contributed by atoms with van der Waals surface area (Å²) < 4.78 is 1.53. The van der Waals surface area contributed by atoms with Crippen molar-refractivity contribution >= 4 is 28.3 Å². The van der Waals surface area contributed by atoms with E-state index in [4.69, 9.17) is 16.8 Å². The van der Waals surface area contributed by atoms with Crippen LogP contribution in [0, 0.1) is 0 Å². The molecule has 6 heteroatoms. The Morgan fingerprint density at radius 1 is 1.17 bits per heavy atom. The molecule has 1 heterocycles. The van der Waals surface area contributed by atoms with Gasteiger partial charge in [-0.05, 0) is 35.2 Å². The van der Waals surface area contributed by atoms with E-state index in [0.717, 1.165) is 10.9 Å². The first-order valence-electron chi connectivity index (χ1n) is 6.91. The van der Waals surface area contributed by atoms with Gasteiger partial charge in [0.2, 0.25) is 0 Å². The van der Waals surface area contributed by atoms with Crippen molar-refractivity contribution in [3.05, 3.63) is 81.2 Å². The minimum atomic E-state index is -0.659. The van der Waals surface area contributed by atoms with Crippen LogP contribution < -0.4 is 11.0 Å². The Kier molecular flexibility index (Phi) is 4.14. The molecule has 0 saturated carbocycles. The molecule has 2 N–H and O–H groups in total. The van der Waals surface area contributed by atoms with Gasteiger partial charge in [0.05, 0.1) is 6.54 Å². The first-order chi connectivity index (χ1) is 11.1. The molecule has 0 fully saturated rings. The molecule has 0 aliphatic rings. The standard InChI is InChI=1S/C17H13ClN2O3/c18-15-4-2-1-3-13(15)10-20-8-7-11-5-6-12(16(21)19-23)9-14(11)17(20)22/h1-9,23H,10H2,(H,19,21). The van der Waals surface area contributed by atoms with Crippen LogP contribution in [0.1, 0.15) is 15.9 Å². The van der Waals surface area contributed by atoms with Crippen LogP contribution in [-0.2, 0) is 6.54 Å². The largest absolute Gasteiger partial charge is 0.311 e. The molecule has 116 valence electrons. The molecule has 0 unspecified atom stereocenters. The lowest BCUT2D eigenvalue weighted by atomic mass is 10.1. The van der Waals surface area contributed by atoms with Gasteiger partial charge in [-0.1, -0.05) is 35.9 Å². The third-order valence-corrected chi connectivity index (χ3v) is 4.01. The number of benzene rings is 2. The molecule has 1 aromatic heterocycles. The molecule has 0 aliphatic carbocycles. The SMILES string of the molecule is O=C(NO)c1ccc2ccn(Cc3ccccc3Cl)c(=O)c2c1. The topological polar surface area (TPSA) is 71.3 Å². The van der Waals surface area contributed by atoms with Crippen LogP contribution in [0.25, 0.3) is 10.8 Å². The average molecular weight is 329 g/mol. The van der Waals surface area contributed by atoms with E-state index in [0.29, 0.717) is 17.0 Å². The highest BCUT2D eigenvalue weighted by atomic mass is 35.5. The minimum absolute atomic E-state index is 0.215. The van der Waals surface area contributed by atoms with Gasteiger partial charge < -0.3 is 4.57 Å².